The van der Waals surface area contributed by atoms with Gasteiger partial charge in [-0.05, 0) is 35.7 Å². The third-order valence-electron chi connectivity index (χ3n) is 4.76. The van der Waals surface area contributed by atoms with E-state index in [2.05, 4.69) is 58.7 Å². The average Bonchev–Trinajstić information content (AvgIpc) is 2.72. The van der Waals surface area contributed by atoms with E-state index in [4.69, 9.17) is 0 Å². The van der Waals surface area contributed by atoms with Crippen molar-refractivity contribution in [1.82, 2.24) is 10.2 Å². The lowest BCUT2D eigenvalue weighted by Crippen LogP contribution is -2.37. The van der Waals surface area contributed by atoms with Crippen molar-refractivity contribution in [3.63, 3.8) is 0 Å². The Morgan fingerprint density at radius 3 is 2.50 bits per heavy atom. The van der Waals surface area contributed by atoms with Crippen molar-refractivity contribution in [2.24, 2.45) is 0 Å². The molecule has 2 aliphatic rings. The third kappa shape index (κ3) is 1.65. The average molecular weight is 264 g/mol. The Morgan fingerprint density at radius 1 is 1.00 bits per heavy atom. The highest BCUT2D eigenvalue weighted by atomic mass is 15.2. The van der Waals surface area contributed by atoms with Gasteiger partial charge in [-0.25, -0.2) is 0 Å². The number of rotatable bonds is 3. The van der Waals surface area contributed by atoms with Crippen LogP contribution in [0, 0.1) is 0 Å². The molecule has 2 nitrogen and oxygen atoms in total. The number of benzene rings is 2. The molecule has 4 rings (SSSR count). The van der Waals surface area contributed by atoms with Crippen LogP contribution in [0.5, 0.6) is 0 Å². The summed E-state index contributed by atoms with van der Waals surface area (Å²) in [6, 6.07) is 19.0. The fraction of sp³-hybridized carbons (Fsp3) is 0.333. The van der Waals surface area contributed by atoms with Crippen molar-refractivity contribution in [3.05, 3.63) is 70.8 Å². The topological polar surface area (TPSA) is 15.3 Å². The fourth-order valence-corrected chi connectivity index (χ4v) is 3.89. The second-order valence-electron chi connectivity index (χ2n) is 5.79. The van der Waals surface area contributed by atoms with Crippen molar-refractivity contribution >= 4 is 0 Å². The van der Waals surface area contributed by atoms with Crippen molar-refractivity contribution < 1.29 is 0 Å². The van der Waals surface area contributed by atoms with Crippen LogP contribution in [0.3, 0.4) is 0 Å². The summed E-state index contributed by atoms with van der Waals surface area (Å²) < 4.78 is 0. The van der Waals surface area contributed by atoms with E-state index in [0.717, 1.165) is 19.5 Å². The molecule has 2 heterocycles. The summed E-state index contributed by atoms with van der Waals surface area (Å²) in [6.07, 6.45) is 1.15. The summed E-state index contributed by atoms with van der Waals surface area (Å²) >= 11 is 0. The van der Waals surface area contributed by atoms with Crippen LogP contribution in [0.1, 0.15) is 34.3 Å². The Hall–Kier alpha value is -1.64. The van der Waals surface area contributed by atoms with Crippen LogP contribution in [0.25, 0.3) is 0 Å². The molecule has 0 radical (unpaired) electrons. The van der Waals surface area contributed by atoms with Crippen LogP contribution >= 0.6 is 0 Å². The van der Waals surface area contributed by atoms with Gasteiger partial charge in [0.25, 0.3) is 0 Å². The second-order valence-corrected chi connectivity index (χ2v) is 5.79. The van der Waals surface area contributed by atoms with Gasteiger partial charge < -0.3 is 5.32 Å². The molecule has 2 atom stereocenters. The maximum atomic E-state index is 3.29. The smallest absolute Gasteiger partial charge is 0.0613 e. The largest absolute Gasteiger partial charge is 0.318 e. The lowest BCUT2D eigenvalue weighted by atomic mass is 9.91. The summed E-state index contributed by atoms with van der Waals surface area (Å²) in [6.45, 7) is 2.15. The van der Waals surface area contributed by atoms with Gasteiger partial charge in [-0.15, -0.1) is 0 Å². The molecule has 1 N–H and O–H groups in total. The van der Waals surface area contributed by atoms with E-state index >= 15 is 0 Å². The van der Waals surface area contributed by atoms with Gasteiger partial charge in [-0.1, -0.05) is 48.5 Å². The molecule has 2 unspecified atom stereocenters. The Bertz CT molecular complexity index is 624. The van der Waals surface area contributed by atoms with Crippen molar-refractivity contribution in [1.29, 1.82) is 0 Å². The number of likely N-dealkylation sites (N-methyl/N-ethyl adjacent to an activating group) is 1. The maximum absolute atomic E-state index is 3.29. The first-order valence-corrected chi connectivity index (χ1v) is 7.47. The standard InChI is InChI=1S/C18H20N2/c1-19-10-11-20-17-12-13-6-2-3-7-14(13)18(20)16-9-5-4-8-15(16)17/h2-9,17-19H,10-12H2,1H3. The third-order valence-corrected chi connectivity index (χ3v) is 4.76. The molecule has 0 aromatic heterocycles. The van der Waals surface area contributed by atoms with Gasteiger partial charge in [0, 0.05) is 19.1 Å². The normalized spacial score (nSPS) is 23.4. The van der Waals surface area contributed by atoms with Crippen LogP contribution in [0.2, 0.25) is 0 Å². The molecular formula is C18H20N2. The number of nitrogens with zero attached hydrogens (tertiary/aromatic N) is 1. The molecule has 0 fully saturated rings. The molecule has 2 aromatic carbocycles. The fourth-order valence-electron chi connectivity index (χ4n) is 3.89. The van der Waals surface area contributed by atoms with E-state index in [1.54, 1.807) is 0 Å². The summed E-state index contributed by atoms with van der Waals surface area (Å²) in [7, 11) is 2.03. The highest BCUT2D eigenvalue weighted by Crippen LogP contribution is 2.51. The number of hydrogen-bond donors (Lipinski definition) is 1. The predicted octanol–water partition coefficient (Wildman–Crippen LogP) is 2.91. The summed E-state index contributed by atoms with van der Waals surface area (Å²) in [5.41, 5.74) is 6.08. The van der Waals surface area contributed by atoms with Crippen molar-refractivity contribution in [3.8, 4) is 0 Å². The van der Waals surface area contributed by atoms with E-state index in [-0.39, 0.29) is 0 Å². The summed E-state index contributed by atoms with van der Waals surface area (Å²) in [5, 5.41) is 3.29. The highest BCUT2D eigenvalue weighted by Gasteiger charge is 2.42. The van der Waals surface area contributed by atoms with Gasteiger partial charge >= 0.3 is 0 Å². The molecule has 0 aliphatic carbocycles. The van der Waals surface area contributed by atoms with Gasteiger partial charge in [-0.3, -0.25) is 4.90 Å². The molecule has 0 spiro atoms. The van der Waals surface area contributed by atoms with E-state index in [9.17, 15) is 0 Å². The molecule has 2 aliphatic heterocycles. The number of fused-ring (bicyclic) bond motifs is 7. The van der Waals surface area contributed by atoms with Gasteiger partial charge in [0.05, 0.1) is 6.04 Å². The van der Waals surface area contributed by atoms with Crippen LogP contribution in [-0.2, 0) is 6.42 Å². The van der Waals surface area contributed by atoms with E-state index < -0.39 is 0 Å². The highest BCUT2D eigenvalue weighted by molar-refractivity contribution is 5.50. The first-order valence-electron chi connectivity index (χ1n) is 7.47. The van der Waals surface area contributed by atoms with E-state index in [1.807, 2.05) is 7.05 Å². The molecule has 2 bridgehead atoms. The van der Waals surface area contributed by atoms with Gasteiger partial charge in [0.1, 0.15) is 0 Å². The minimum Gasteiger partial charge on any atom is -0.318 e. The van der Waals surface area contributed by atoms with Gasteiger partial charge in [-0.2, -0.15) is 0 Å². The van der Waals surface area contributed by atoms with Gasteiger partial charge in [0.15, 0.2) is 0 Å². The summed E-state index contributed by atoms with van der Waals surface area (Å²) in [4.78, 5) is 2.67. The van der Waals surface area contributed by atoms with Crippen LogP contribution in [0.15, 0.2) is 48.5 Å². The quantitative estimate of drug-likeness (QED) is 0.917. The van der Waals surface area contributed by atoms with Crippen LogP contribution in [0.4, 0.5) is 0 Å². The maximum Gasteiger partial charge on any atom is 0.0613 e. The molecule has 0 saturated heterocycles. The zero-order valence-electron chi connectivity index (χ0n) is 11.8. The minimum absolute atomic E-state index is 0.453. The zero-order valence-corrected chi connectivity index (χ0v) is 11.8. The Labute approximate surface area is 120 Å². The molecule has 20 heavy (non-hydrogen) atoms. The van der Waals surface area contributed by atoms with Crippen LogP contribution in [-0.4, -0.2) is 25.0 Å². The Kier molecular flexibility index (Phi) is 2.86. The molecule has 2 aromatic rings. The second kappa shape index (κ2) is 4.72. The predicted molar refractivity (Wildman–Crippen MR) is 81.8 cm³/mol. The summed E-state index contributed by atoms with van der Waals surface area (Å²) in [5.74, 6) is 0. The van der Waals surface area contributed by atoms with Crippen LogP contribution < -0.4 is 5.32 Å². The monoisotopic (exact) mass is 264 g/mol. The first kappa shape index (κ1) is 12.1. The lowest BCUT2D eigenvalue weighted by molar-refractivity contribution is 0.169. The minimum atomic E-state index is 0.453. The Balaban J connectivity index is 1.84. The SMILES string of the molecule is CNCCN1C2Cc3ccccc3C1c1ccccc12. The first-order chi connectivity index (χ1) is 9.90. The lowest BCUT2D eigenvalue weighted by Gasteiger charge is -2.36. The number of nitrogens with one attached hydrogen (secondary N) is 1. The number of hydrogen-bond acceptors (Lipinski definition) is 2. The Morgan fingerprint density at radius 2 is 1.70 bits per heavy atom. The van der Waals surface area contributed by atoms with Crippen molar-refractivity contribution in [2.75, 3.05) is 20.1 Å². The molecule has 102 valence electrons. The van der Waals surface area contributed by atoms with E-state index in [1.165, 1.54) is 22.3 Å². The molecule has 2 heteroatoms. The zero-order chi connectivity index (χ0) is 13.5. The molecule has 0 saturated carbocycles. The molecular weight excluding hydrogens is 244 g/mol. The van der Waals surface area contributed by atoms with Gasteiger partial charge in [0.2, 0.25) is 0 Å². The van der Waals surface area contributed by atoms with Crippen molar-refractivity contribution in [2.45, 2.75) is 18.5 Å². The molecule has 0 amide bonds. The van der Waals surface area contributed by atoms with E-state index in [0.29, 0.717) is 12.1 Å².